The molecule has 0 radical (unpaired) electrons. The quantitative estimate of drug-likeness (QED) is 0.821. The minimum atomic E-state index is -3.81. The molecule has 0 bridgehead atoms. The van der Waals surface area contributed by atoms with Crippen molar-refractivity contribution in [1.29, 1.82) is 0 Å². The maximum atomic E-state index is 12.5. The maximum Gasteiger partial charge on any atom is 0.322 e. The van der Waals surface area contributed by atoms with Gasteiger partial charge in [-0.1, -0.05) is 44.2 Å². The summed E-state index contributed by atoms with van der Waals surface area (Å²) in [6.45, 7) is 4.88. The highest BCUT2D eigenvalue weighted by atomic mass is 32.2. The first kappa shape index (κ1) is 17.9. The van der Waals surface area contributed by atoms with Crippen LogP contribution < -0.4 is 4.72 Å². The number of carboxylic acid groups (broad SMARTS) is 1. The molecule has 1 aliphatic rings. The van der Waals surface area contributed by atoms with Gasteiger partial charge in [-0.25, -0.2) is 0 Å². The highest BCUT2D eigenvalue weighted by Crippen LogP contribution is 2.23. The third-order valence-electron chi connectivity index (χ3n) is 4.05. The van der Waals surface area contributed by atoms with Gasteiger partial charge < -0.3 is 5.11 Å². The van der Waals surface area contributed by atoms with Crippen LogP contribution >= 0.6 is 0 Å². The van der Waals surface area contributed by atoms with Crippen LogP contribution in [-0.4, -0.2) is 42.9 Å². The van der Waals surface area contributed by atoms with Crippen molar-refractivity contribution >= 4 is 16.2 Å². The molecule has 1 aromatic carbocycles. The van der Waals surface area contributed by atoms with Crippen LogP contribution in [0.3, 0.4) is 0 Å². The molecule has 0 saturated carbocycles. The van der Waals surface area contributed by atoms with E-state index < -0.39 is 22.2 Å². The van der Waals surface area contributed by atoms with Crippen molar-refractivity contribution in [1.82, 2.24) is 9.03 Å². The van der Waals surface area contributed by atoms with Gasteiger partial charge in [-0.3, -0.25) is 4.79 Å². The van der Waals surface area contributed by atoms with Crippen molar-refractivity contribution in [2.75, 3.05) is 13.1 Å². The summed E-state index contributed by atoms with van der Waals surface area (Å²) >= 11 is 0. The lowest BCUT2D eigenvalue weighted by molar-refractivity contribution is -0.138. The molecule has 1 fully saturated rings. The summed E-state index contributed by atoms with van der Waals surface area (Å²) in [5.74, 6) is -0.629. The highest BCUT2D eigenvalue weighted by Gasteiger charge is 2.33. The van der Waals surface area contributed by atoms with E-state index in [1.54, 1.807) is 24.3 Å². The molecule has 0 aliphatic carbocycles. The highest BCUT2D eigenvalue weighted by molar-refractivity contribution is 7.87. The number of carbonyl (C=O) groups is 1. The Morgan fingerprint density at radius 1 is 1.26 bits per heavy atom. The summed E-state index contributed by atoms with van der Waals surface area (Å²) in [5.41, 5.74) is 0.781. The molecule has 7 heteroatoms. The van der Waals surface area contributed by atoms with Crippen LogP contribution in [0.25, 0.3) is 0 Å². The molecule has 2 unspecified atom stereocenters. The van der Waals surface area contributed by atoms with Gasteiger partial charge in [0.25, 0.3) is 10.2 Å². The lowest BCUT2D eigenvalue weighted by Crippen LogP contribution is -2.52. The van der Waals surface area contributed by atoms with Gasteiger partial charge in [-0.2, -0.15) is 17.4 Å². The van der Waals surface area contributed by atoms with Gasteiger partial charge >= 0.3 is 5.97 Å². The summed E-state index contributed by atoms with van der Waals surface area (Å²) in [5, 5.41) is 9.35. The van der Waals surface area contributed by atoms with E-state index in [0.717, 1.165) is 12.0 Å². The summed E-state index contributed by atoms with van der Waals surface area (Å²) in [6.07, 6.45) is 1.10. The first-order valence-electron chi connectivity index (χ1n) is 7.82. The maximum absolute atomic E-state index is 12.5. The Morgan fingerprint density at radius 2 is 1.83 bits per heavy atom. The van der Waals surface area contributed by atoms with Gasteiger partial charge in [0.1, 0.15) is 6.04 Å². The monoisotopic (exact) mass is 340 g/mol. The van der Waals surface area contributed by atoms with Gasteiger partial charge in [0.05, 0.1) is 0 Å². The lowest BCUT2D eigenvalue weighted by Gasteiger charge is -2.34. The Morgan fingerprint density at radius 3 is 2.35 bits per heavy atom. The van der Waals surface area contributed by atoms with Crippen LogP contribution in [0.5, 0.6) is 0 Å². The van der Waals surface area contributed by atoms with Crippen LogP contribution in [0.1, 0.15) is 25.8 Å². The first-order chi connectivity index (χ1) is 10.8. The smallest absolute Gasteiger partial charge is 0.322 e. The van der Waals surface area contributed by atoms with E-state index in [1.165, 1.54) is 4.31 Å². The van der Waals surface area contributed by atoms with Crippen molar-refractivity contribution in [2.45, 2.75) is 32.7 Å². The number of carboxylic acids is 1. The Kier molecular flexibility index (Phi) is 5.78. The molecule has 0 spiro atoms. The second kappa shape index (κ2) is 7.42. The second-order valence-electron chi connectivity index (χ2n) is 6.47. The number of piperidine rings is 1. The zero-order valence-corrected chi connectivity index (χ0v) is 14.3. The molecule has 0 amide bonds. The van der Waals surface area contributed by atoms with Crippen LogP contribution in [0.15, 0.2) is 30.3 Å². The van der Waals surface area contributed by atoms with Crippen LogP contribution in [0, 0.1) is 11.8 Å². The van der Waals surface area contributed by atoms with E-state index >= 15 is 0 Å². The van der Waals surface area contributed by atoms with Gasteiger partial charge in [0.2, 0.25) is 0 Å². The first-order valence-corrected chi connectivity index (χ1v) is 9.26. The molecular formula is C16H24N2O4S. The predicted octanol–water partition coefficient (Wildman–Crippen LogP) is 1.49. The molecule has 1 aromatic rings. The summed E-state index contributed by atoms with van der Waals surface area (Å²) in [6, 6.07) is 7.84. The molecule has 1 heterocycles. The summed E-state index contributed by atoms with van der Waals surface area (Å²) in [7, 11) is -3.81. The van der Waals surface area contributed by atoms with Crippen LogP contribution in [0.2, 0.25) is 0 Å². The largest absolute Gasteiger partial charge is 0.480 e. The topological polar surface area (TPSA) is 86.7 Å². The molecule has 128 valence electrons. The predicted molar refractivity (Wildman–Crippen MR) is 88.1 cm³/mol. The third-order valence-corrected chi connectivity index (χ3v) is 5.61. The molecule has 2 rings (SSSR count). The molecule has 1 saturated heterocycles. The number of hydrogen-bond donors (Lipinski definition) is 2. The van der Waals surface area contributed by atoms with Gasteiger partial charge in [0.15, 0.2) is 0 Å². The van der Waals surface area contributed by atoms with E-state index in [1.807, 2.05) is 19.9 Å². The fourth-order valence-corrected chi connectivity index (χ4v) is 4.68. The molecule has 1 aliphatic heterocycles. The van der Waals surface area contributed by atoms with E-state index in [0.29, 0.717) is 13.1 Å². The zero-order chi connectivity index (χ0) is 17.0. The summed E-state index contributed by atoms with van der Waals surface area (Å²) < 4.78 is 28.8. The number of aliphatic carboxylic acids is 1. The minimum Gasteiger partial charge on any atom is -0.480 e. The lowest BCUT2D eigenvalue weighted by atomic mass is 9.94. The molecule has 6 nitrogen and oxygen atoms in total. The van der Waals surface area contributed by atoms with E-state index in [-0.39, 0.29) is 18.3 Å². The van der Waals surface area contributed by atoms with E-state index in [9.17, 15) is 18.3 Å². The van der Waals surface area contributed by atoms with Crippen molar-refractivity contribution < 1.29 is 18.3 Å². The number of benzene rings is 1. The van der Waals surface area contributed by atoms with Gasteiger partial charge in [-0.05, 0) is 30.2 Å². The summed E-state index contributed by atoms with van der Waals surface area (Å²) in [4.78, 5) is 11.4. The molecule has 2 N–H and O–H groups in total. The second-order valence-corrected chi connectivity index (χ2v) is 8.17. The molecule has 23 heavy (non-hydrogen) atoms. The van der Waals surface area contributed by atoms with Crippen molar-refractivity contribution in [3.63, 3.8) is 0 Å². The number of hydrogen-bond acceptors (Lipinski definition) is 3. The standard InChI is InChI=1S/C16H24N2O4S/c1-12-8-13(2)11-18(10-12)23(21,22)17-15(16(19)20)9-14-6-4-3-5-7-14/h3-7,12-13,15,17H,8-11H2,1-2H3,(H,19,20)/t12?,13?,15-/m0/s1. The normalized spacial score (nSPS) is 24.3. The number of nitrogens with zero attached hydrogens (tertiary/aromatic N) is 1. The Labute approximate surface area is 137 Å². The van der Waals surface area contributed by atoms with Crippen LogP contribution in [-0.2, 0) is 21.4 Å². The fraction of sp³-hybridized carbons (Fsp3) is 0.562. The molecule has 0 aromatic heterocycles. The van der Waals surface area contributed by atoms with E-state index in [2.05, 4.69) is 4.72 Å². The SMILES string of the molecule is CC1CC(C)CN(S(=O)(=O)N[C@@H](Cc2ccccc2)C(=O)O)C1. The fourth-order valence-electron chi connectivity index (χ4n) is 3.09. The molecule has 3 atom stereocenters. The zero-order valence-electron chi connectivity index (χ0n) is 13.5. The average Bonchev–Trinajstić information content (AvgIpc) is 2.46. The van der Waals surface area contributed by atoms with Crippen molar-refractivity contribution in [3.8, 4) is 0 Å². The Hall–Kier alpha value is -1.44. The number of rotatable bonds is 6. The minimum absolute atomic E-state index is 0.119. The van der Waals surface area contributed by atoms with Gasteiger partial charge in [-0.15, -0.1) is 0 Å². The van der Waals surface area contributed by atoms with Crippen LogP contribution in [0.4, 0.5) is 0 Å². The molecular weight excluding hydrogens is 316 g/mol. The third kappa shape index (κ3) is 5.02. The Bertz CT molecular complexity index is 623. The average molecular weight is 340 g/mol. The van der Waals surface area contributed by atoms with Gasteiger partial charge in [0, 0.05) is 13.1 Å². The number of nitrogens with one attached hydrogen (secondary N) is 1. The Balaban J connectivity index is 2.10. The van der Waals surface area contributed by atoms with Crippen molar-refractivity contribution in [2.24, 2.45) is 11.8 Å². The van der Waals surface area contributed by atoms with E-state index in [4.69, 9.17) is 0 Å². The van der Waals surface area contributed by atoms with Crippen molar-refractivity contribution in [3.05, 3.63) is 35.9 Å².